The predicted molar refractivity (Wildman–Crippen MR) is 74.7 cm³/mol. The average molecular weight is 246 g/mol. The lowest BCUT2D eigenvalue weighted by Gasteiger charge is -2.26. The molecule has 0 unspecified atom stereocenters. The molecule has 2 heterocycles. The summed E-state index contributed by atoms with van der Waals surface area (Å²) < 4.78 is 1.43. The molecule has 2 aromatic rings. The first-order valence-corrected chi connectivity index (χ1v) is 7.05. The van der Waals surface area contributed by atoms with Gasteiger partial charge in [0.2, 0.25) is 0 Å². The number of nitrogens with one attached hydrogen (secondary N) is 1. The van der Waals surface area contributed by atoms with Gasteiger partial charge < -0.3 is 5.32 Å². The third kappa shape index (κ3) is 2.51. The Morgan fingerprint density at radius 2 is 2.06 bits per heavy atom. The predicted octanol–water partition coefficient (Wildman–Crippen LogP) is 2.61. The van der Waals surface area contributed by atoms with E-state index < -0.39 is 0 Å². The first-order valence-electron chi connectivity index (χ1n) is 6.23. The molecule has 3 heteroatoms. The molecule has 0 aliphatic carbocycles. The molecule has 1 saturated heterocycles. The third-order valence-electron chi connectivity index (χ3n) is 3.32. The highest BCUT2D eigenvalue weighted by atomic mass is 32.1. The Kier molecular flexibility index (Phi) is 3.14. The van der Waals surface area contributed by atoms with Crippen LogP contribution in [0.5, 0.6) is 0 Å². The third-order valence-corrected chi connectivity index (χ3v) is 4.40. The van der Waals surface area contributed by atoms with Crippen LogP contribution in [-0.4, -0.2) is 31.1 Å². The Labute approximate surface area is 106 Å². The number of benzene rings is 1. The highest BCUT2D eigenvalue weighted by Gasteiger charge is 2.11. The lowest BCUT2D eigenvalue weighted by Crippen LogP contribution is -2.42. The minimum absolute atomic E-state index is 1.11. The van der Waals surface area contributed by atoms with E-state index in [1.54, 1.807) is 0 Å². The second kappa shape index (κ2) is 4.77. The van der Waals surface area contributed by atoms with Gasteiger partial charge in [-0.25, -0.2) is 0 Å². The molecule has 1 N–H and O–H groups in total. The van der Waals surface area contributed by atoms with E-state index in [2.05, 4.69) is 41.4 Å². The zero-order valence-electron chi connectivity index (χ0n) is 10.2. The van der Waals surface area contributed by atoms with Crippen molar-refractivity contribution < 1.29 is 0 Å². The monoisotopic (exact) mass is 246 g/mol. The van der Waals surface area contributed by atoms with E-state index in [4.69, 9.17) is 0 Å². The van der Waals surface area contributed by atoms with Crippen molar-refractivity contribution in [2.24, 2.45) is 0 Å². The quantitative estimate of drug-likeness (QED) is 0.876. The number of piperazine rings is 1. The van der Waals surface area contributed by atoms with Crippen molar-refractivity contribution in [1.29, 1.82) is 0 Å². The van der Waals surface area contributed by atoms with Crippen molar-refractivity contribution >= 4 is 21.4 Å². The zero-order chi connectivity index (χ0) is 11.7. The van der Waals surface area contributed by atoms with E-state index in [9.17, 15) is 0 Å². The molecule has 3 rings (SSSR count). The molecule has 1 aliphatic heterocycles. The molecule has 1 aromatic carbocycles. The zero-order valence-corrected chi connectivity index (χ0v) is 11.0. The summed E-state index contributed by atoms with van der Waals surface area (Å²) in [6, 6.07) is 9.08. The van der Waals surface area contributed by atoms with E-state index in [1.807, 2.05) is 11.3 Å². The summed E-state index contributed by atoms with van der Waals surface area (Å²) in [5.41, 5.74) is 1.35. The summed E-state index contributed by atoms with van der Waals surface area (Å²) in [6.45, 7) is 7.88. The van der Waals surface area contributed by atoms with Gasteiger partial charge >= 0.3 is 0 Å². The van der Waals surface area contributed by atoms with Crippen LogP contribution < -0.4 is 5.32 Å². The van der Waals surface area contributed by atoms with Crippen molar-refractivity contribution in [3.63, 3.8) is 0 Å². The fourth-order valence-electron chi connectivity index (χ4n) is 2.36. The number of thiophene rings is 1. The van der Waals surface area contributed by atoms with Gasteiger partial charge in [-0.1, -0.05) is 12.1 Å². The molecule has 0 spiro atoms. The topological polar surface area (TPSA) is 15.3 Å². The second-order valence-electron chi connectivity index (χ2n) is 4.78. The van der Waals surface area contributed by atoms with Gasteiger partial charge in [0, 0.05) is 42.3 Å². The van der Waals surface area contributed by atoms with E-state index in [1.165, 1.54) is 33.6 Å². The molecular weight excluding hydrogens is 228 g/mol. The van der Waals surface area contributed by atoms with Crippen molar-refractivity contribution in [3.8, 4) is 0 Å². The van der Waals surface area contributed by atoms with Crippen LogP contribution in [0.15, 0.2) is 24.3 Å². The maximum Gasteiger partial charge on any atom is 0.0348 e. The molecule has 0 radical (unpaired) electrons. The van der Waals surface area contributed by atoms with Crippen LogP contribution in [0.1, 0.15) is 10.4 Å². The maximum atomic E-state index is 3.40. The highest BCUT2D eigenvalue weighted by molar-refractivity contribution is 7.19. The first-order chi connectivity index (χ1) is 8.31. The van der Waals surface area contributed by atoms with E-state index in [0.717, 1.165) is 19.6 Å². The summed E-state index contributed by atoms with van der Waals surface area (Å²) in [7, 11) is 0. The van der Waals surface area contributed by atoms with Crippen LogP contribution in [0.25, 0.3) is 10.1 Å². The summed E-state index contributed by atoms with van der Waals surface area (Å²) in [6.07, 6.45) is 0. The second-order valence-corrected chi connectivity index (χ2v) is 5.95. The molecular formula is C14H18N2S. The fraction of sp³-hybridized carbons (Fsp3) is 0.429. The SMILES string of the molecule is Cc1ccc2cc(CN3CCNCC3)sc2c1. The maximum absolute atomic E-state index is 3.40. The summed E-state index contributed by atoms with van der Waals surface area (Å²) >= 11 is 1.94. The molecule has 90 valence electrons. The number of nitrogens with zero attached hydrogens (tertiary/aromatic N) is 1. The average Bonchev–Trinajstić information content (AvgIpc) is 2.71. The number of rotatable bonds is 2. The Bertz CT molecular complexity index is 512. The van der Waals surface area contributed by atoms with Crippen molar-refractivity contribution in [1.82, 2.24) is 10.2 Å². The van der Waals surface area contributed by atoms with E-state index in [-0.39, 0.29) is 0 Å². The lowest BCUT2D eigenvalue weighted by molar-refractivity contribution is 0.235. The fourth-order valence-corrected chi connectivity index (χ4v) is 3.57. The number of aryl methyl sites for hydroxylation is 1. The number of hydrogen-bond acceptors (Lipinski definition) is 3. The summed E-state index contributed by atoms with van der Waals surface area (Å²) in [5, 5.41) is 4.79. The van der Waals surface area contributed by atoms with Crippen LogP contribution in [0.2, 0.25) is 0 Å². The van der Waals surface area contributed by atoms with Crippen molar-refractivity contribution in [2.75, 3.05) is 26.2 Å². The van der Waals surface area contributed by atoms with Gasteiger partial charge in [0.15, 0.2) is 0 Å². The van der Waals surface area contributed by atoms with E-state index in [0.29, 0.717) is 0 Å². The molecule has 0 bridgehead atoms. The summed E-state index contributed by atoms with van der Waals surface area (Å²) in [5.74, 6) is 0. The minimum Gasteiger partial charge on any atom is -0.314 e. The summed E-state index contributed by atoms with van der Waals surface area (Å²) in [4.78, 5) is 4.03. The normalized spacial score (nSPS) is 17.7. The largest absolute Gasteiger partial charge is 0.314 e. The molecule has 17 heavy (non-hydrogen) atoms. The minimum atomic E-state index is 1.11. The Balaban J connectivity index is 1.80. The molecule has 0 saturated carbocycles. The molecule has 1 aromatic heterocycles. The molecule has 0 atom stereocenters. The Morgan fingerprint density at radius 1 is 1.24 bits per heavy atom. The van der Waals surface area contributed by atoms with Crippen LogP contribution in [-0.2, 0) is 6.54 Å². The Morgan fingerprint density at radius 3 is 2.88 bits per heavy atom. The Hall–Kier alpha value is -0.900. The van der Waals surface area contributed by atoms with Crippen molar-refractivity contribution in [3.05, 3.63) is 34.7 Å². The van der Waals surface area contributed by atoms with Crippen LogP contribution >= 0.6 is 11.3 Å². The number of fused-ring (bicyclic) bond motifs is 1. The number of hydrogen-bond donors (Lipinski definition) is 1. The van der Waals surface area contributed by atoms with Gasteiger partial charge in [-0.2, -0.15) is 0 Å². The van der Waals surface area contributed by atoms with Crippen LogP contribution in [0.4, 0.5) is 0 Å². The molecule has 1 aliphatic rings. The van der Waals surface area contributed by atoms with Crippen molar-refractivity contribution in [2.45, 2.75) is 13.5 Å². The van der Waals surface area contributed by atoms with Gasteiger partial charge in [0.05, 0.1) is 0 Å². The highest BCUT2D eigenvalue weighted by Crippen LogP contribution is 2.27. The molecule has 0 amide bonds. The van der Waals surface area contributed by atoms with Gasteiger partial charge in [-0.15, -0.1) is 11.3 Å². The van der Waals surface area contributed by atoms with Gasteiger partial charge in [0.1, 0.15) is 0 Å². The van der Waals surface area contributed by atoms with Gasteiger partial charge in [0.25, 0.3) is 0 Å². The molecule has 1 fully saturated rings. The van der Waals surface area contributed by atoms with Gasteiger partial charge in [-0.05, 0) is 30.0 Å². The smallest absolute Gasteiger partial charge is 0.0348 e. The van der Waals surface area contributed by atoms with Crippen LogP contribution in [0, 0.1) is 6.92 Å². The standard InChI is InChI=1S/C14H18N2S/c1-11-2-3-12-9-13(17-14(12)8-11)10-16-6-4-15-5-7-16/h2-3,8-9,15H,4-7,10H2,1H3. The van der Waals surface area contributed by atoms with Gasteiger partial charge in [-0.3, -0.25) is 4.90 Å². The first kappa shape index (κ1) is 11.2. The van der Waals surface area contributed by atoms with E-state index >= 15 is 0 Å². The van der Waals surface area contributed by atoms with Crippen LogP contribution in [0.3, 0.4) is 0 Å². The lowest BCUT2D eigenvalue weighted by atomic mass is 10.2. The molecule has 2 nitrogen and oxygen atoms in total.